The molecule has 0 radical (unpaired) electrons. The number of thiocarbonyl (C=S) groups is 1. The summed E-state index contributed by atoms with van der Waals surface area (Å²) >= 11 is 5.51. The lowest BCUT2D eigenvalue weighted by atomic mass is 10.0. The molecule has 1 atom stereocenters. The van der Waals surface area contributed by atoms with Gasteiger partial charge in [-0.25, -0.2) is 4.39 Å². The summed E-state index contributed by atoms with van der Waals surface area (Å²) in [7, 11) is 0. The Bertz CT molecular complexity index is 761. The minimum atomic E-state index is -0.211. The van der Waals surface area contributed by atoms with Gasteiger partial charge in [0, 0.05) is 11.3 Å². The Kier molecular flexibility index (Phi) is 8.40. The van der Waals surface area contributed by atoms with Crippen molar-refractivity contribution in [3.63, 3.8) is 0 Å². The van der Waals surface area contributed by atoms with E-state index in [2.05, 4.69) is 41.8 Å². The van der Waals surface area contributed by atoms with E-state index >= 15 is 0 Å². The Balaban J connectivity index is 1.58. The summed E-state index contributed by atoms with van der Waals surface area (Å²) in [6.45, 7) is 6.26. The van der Waals surface area contributed by atoms with Crippen LogP contribution in [0.15, 0.2) is 48.5 Å². The van der Waals surface area contributed by atoms with Gasteiger partial charge < -0.3 is 20.3 Å². The van der Waals surface area contributed by atoms with Crippen molar-refractivity contribution in [2.45, 2.75) is 32.2 Å². The van der Waals surface area contributed by atoms with Crippen LogP contribution in [0.5, 0.6) is 0 Å². The van der Waals surface area contributed by atoms with Crippen LogP contribution in [0.1, 0.15) is 36.9 Å². The van der Waals surface area contributed by atoms with Crippen LogP contribution in [0.4, 0.5) is 10.1 Å². The summed E-state index contributed by atoms with van der Waals surface area (Å²) in [6, 6.07) is 15.4. The highest BCUT2D eigenvalue weighted by molar-refractivity contribution is 7.80. The molecule has 0 bridgehead atoms. The molecule has 1 heterocycles. The van der Waals surface area contributed by atoms with Gasteiger partial charge in [-0.1, -0.05) is 37.6 Å². The standard InChI is InChI=1S/C23H30FN3OS/c1-2-3-4-18-5-11-21(12-6-18)26-23(29)25-17-22(27-13-15-28-16-14-27)19-7-9-20(24)10-8-19/h5-12,22H,2-4,13-17H2,1H3,(H2,25,26,29)/p+1/t22-/m0/s1. The van der Waals surface area contributed by atoms with E-state index in [0.717, 1.165) is 44.0 Å². The molecule has 1 aliphatic heterocycles. The second-order valence-corrected chi connectivity index (χ2v) is 7.92. The van der Waals surface area contributed by atoms with Gasteiger partial charge in [0.1, 0.15) is 24.9 Å². The first-order valence-corrected chi connectivity index (χ1v) is 10.9. The first kappa shape index (κ1) is 21.7. The smallest absolute Gasteiger partial charge is 0.171 e. The number of nitrogens with one attached hydrogen (secondary N) is 3. The van der Waals surface area contributed by atoms with E-state index in [1.54, 1.807) is 0 Å². The average molecular weight is 417 g/mol. The molecule has 3 rings (SSSR count). The van der Waals surface area contributed by atoms with E-state index in [1.807, 2.05) is 12.1 Å². The van der Waals surface area contributed by atoms with Gasteiger partial charge in [0.05, 0.1) is 19.8 Å². The zero-order valence-electron chi connectivity index (χ0n) is 17.0. The molecule has 0 saturated carbocycles. The topological polar surface area (TPSA) is 37.7 Å². The SMILES string of the molecule is CCCCc1ccc(NC(=S)NC[C@@H](c2ccc(F)cc2)[NH+]2CCOCC2)cc1. The lowest BCUT2D eigenvalue weighted by Gasteiger charge is -2.32. The molecule has 1 fully saturated rings. The van der Waals surface area contributed by atoms with Crippen LogP contribution in [0, 0.1) is 5.82 Å². The largest absolute Gasteiger partial charge is 0.370 e. The number of unbranched alkanes of at least 4 members (excludes halogenated alkanes) is 1. The summed E-state index contributed by atoms with van der Waals surface area (Å²) < 4.78 is 18.9. The third-order valence-electron chi connectivity index (χ3n) is 5.40. The number of anilines is 1. The number of hydrogen-bond acceptors (Lipinski definition) is 2. The number of quaternary nitrogens is 1. The molecular weight excluding hydrogens is 385 g/mol. The number of ether oxygens (including phenoxy) is 1. The van der Waals surface area contributed by atoms with Gasteiger partial charge in [-0.05, 0) is 54.9 Å². The van der Waals surface area contributed by atoms with E-state index in [1.165, 1.54) is 35.4 Å². The minimum absolute atomic E-state index is 0.190. The normalized spacial score (nSPS) is 15.7. The Morgan fingerprint density at radius 1 is 1.10 bits per heavy atom. The van der Waals surface area contributed by atoms with Gasteiger partial charge in [-0.2, -0.15) is 0 Å². The van der Waals surface area contributed by atoms with E-state index in [9.17, 15) is 4.39 Å². The quantitative estimate of drug-likeness (QED) is 0.578. The van der Waals surface area contributed by atoms with Crippen molar-refractivity contribution in [2.75, 3.05) is 38.2 Å². The Morgan fingerprint density at radius 3 is 2.45 bits per heavy atom. The molecule has 0 aliphatic carbocycles. The third kappa shape index (κ3) is 6.77. The molecule has 4 nitrogen and oxygen atoms in total. The van der Waals surface area contributed by atoms with E-state index in [0.29, 0.717) is 11.7 Å². The first-order valence-electron chi connectivity index (χ1n) is 10.5. The lowest BCUT2D eigenvalue weighted by Crippen LogP contribution is -3.15. The van der Waals surface area contributed by atoms with Gasteiger partial charge in [-0.3, -0.25) is 0 Å². The molecule has 1 aliphatic rings. The minimum Gasteiger partial charge on any atom is -0.370 e. The van der Waals surface area contributed by atoms with Gasteiger partial charge in [-0.15, -0.1) is 0 Å². The van der Waals surface area contributed by atoms with Gasteiger partial charge in [0.2, 0.25) is 0 Å². The van der Waals surface area contributed by atoms with Crippen LogP contribution in [-0.2, 0) is 11.2 Å². The Hall–Kier alpha value is -2.02. The van der Waals surface area contributed by atoms with E-state index in [4.69, 9.17) is 17.0 Å². The van der Waals surface area contributed by atoms with Crippen LogP contribution >= 0.6 is 12.2 Å². The second-order valence-electron chi connectivity index (χ2n) is 7.51. The van der Waals surface area contributed by atoms with Crippen LogP contribution in [0.25, 0.3) is 0 Å². The highest BCUT2D eigenvalue weighted by atomic mass is 32.1. The molecule has 0 unspecified atom stereocenters. The summed E-state index contributed by atoms with van der Waals surface area (Å²) in [5, 5.41) is 7.23. The number of hydrogen-bond donors (Lipinski definition) is 3. The van der Waals surface area contributed by atoms with Gasteiger partial charge in [0.15, 0.2) is 5.11 Å². The monoisotopic (exact) mass is 416 g/mol. The molecule has 29 heavy (non-hydrogen) atoms. The number of benzene rings is 2. The Labute approximate surface area is 178 Å². The fraction of sp³-hybridized carbons (Fsp3) is 0.435. The maximum absolute atomic E-state index is 13.4. The Morgan fingerprint density at radius 2 is 1.79 bits per heavy atom. The number of morpholine rings is 1. The number of aryl methyl sites for hydroxylation is 1. The molecule has 0 spiro atoms. The van der Waals surface area contributed by atoms with Crippen LogP contribution in [-0.4, -0.2) is 38.0 Å². The molecule has 2 aromatic rings. The predicted molar refractivity (Wildman–Crippen MR) is 120 cm³/mol. The third-order valence-corrected chi connectivity index (χ3v) is 5.64. The molecule has 0 aromatic heterocycles. The van der Waals surface area contributed by atoms with Crippen molar-refractivity contribution in [2.24, 2.45) is 0 Å². The fourth-order valence-corrected chi connectivity index (χ4v) is 3.88. The second kappa shape index (κ2) is 11.2. The predicted octanol–water partition coefficient (Wildman–Crippen LogP) is 3.11. The zero-order chi connectivity index (χ0) is 20.5. The van der Waals surface area contributed by atoms with E-state index < -0.39 is 0 Å². The van der Waals surface area contributed by atoms with Crippen LogP contribution < -0.4 is 15.5 Å². The molecule has 156 valence electrons. The molecular formula is C23H31FN3OS+. The molecule has 6 heteroatoms. The fourth-order valence-electron chi connectivity index (χ4n) is 3.68. The highest BCUT2D eigenvalue weighted by Crippen LogP contribution is 2.13. The molecule has 1 saturated heterocycles. The van der Waals surface area contributed by atoms with Crippen molar-refractivity contribution >= 4 is 23.0 Å². The van der Waals surface area contributed by atoms with Crippen molar-refractivity contribution in [1.29, 1.82) is 0 Å². The molecule has 0 amide bonds. The molecule has 2 aromatic carbocycles. The van der Waals surface area contributed by atoms with Crippen LogP contribution in [0.3, 0.4) is 0 Å². The zero-order valence-corrected chi connectivity index (χ0v) is 17.9. The summed E-state index contributed by atoms with van der Waals surface area (Å²) in [6.07, 6.45) is 3.52. The van der Waals surface area contributed by atoms with E-state index in [-0.39, 0.29) is 11.9 Å². The summed E-state index contributed by atoms with van der Waals surface area (Å²) in [5.41, 5.74) is 3.45. The lowest BCUT2D eigenvalue weighted by molar-refractivity contribution is -0.937. The highest BCUT2D eigenvalue weighted by Gasteiger charge is 2.26. The average Bonchev–Trinajstić information content (AvgIpc) is 2.75. The van der Waals surface area contributed by atoms with Crippen molar-refractivity contribution in [3.05, 3.63) is 65.5 Å². The van der Waals surface area contributed by atoms with Gasteiger partial charge in [0.25, 0.3) is 0 Å². The van der Waals surface area contributed by atoms with Crippen molar-refractivity contribution in [3.8, 4) is 0 Å². The van der Waals surface area contributed by atoms with Crippen LogP contribution in [0.2, 0.25) is 0 Å². The van der Waals surface area contributed by atoms with Crippen molar-refractivity contribution in [1.82, 2.24) is 5.32 Å². The first-order chi connectivity index (χ1) is 14.2. The van der Waals surface area contributed by atoms with Gasteiger partial charge >= 0.3 is 0 Å². The summed E-state index contributed by atoms with van der Waals surface area (Å²) in [4.78, 5) is 1.43. The molecule has 3 N–H and O–H groups in total. The number of halogens is 1. The maximum Gasteiger partial charge on any atom is 0.171 e. The van der Waals surface area contributed by atoms with Crippen molar-refractivity contribution < 1.29 is 14.0 Å². The number of rotatable bonds is 8. The maximum atomic E-state index is 13.4. The summed E-state index contributed by atoms with van der Waals surface area (Å²) in [5.74, 6) is -0.211.